The van der Waals surface area contributed by atoms with Crippen LogP contribution in [0.3, 0.4) is 0 Å². The van der Waals surface area contributed by atoms with E-state index in [1.807, 2.05) is 0 Å². The third-order valence-corrected chi connectivity index (χ3v) is 2.13. The summed E-state index contributed by atoms with van der Waals surface area (Å²) in [6.45, 7) is -0.0149. The number of hydrogen-bond acceptors (Lipinski definition) is 4. The predicted molar refractivity (Wildman–Crippen MR) is 53.1 cm³/mol. The molecule has 1 aromatic heterocycles. The third kappa shape index (κ3) is 1.52. The number of hydrogen-bond donors (Lipinski definition) is 0. The Morgan fingerprint density at radius 1 is 1.53 bits per heavy atom. The van der Waals surface area contributed by atoms with E-state index in [0.717, 1.165) is 0 Å². The maximum Gasteiger partial charge on any atom is 0.420 e. The van der Waals surface area contributed by atoms with Crippen LogP contribution in [0.15, 0.2) is 27.4 Å². The van der Waals surface area contributed by atoms with Gasteiger partial charge >= 0.3 is 5.76 Å². The molecule has 15 heavy (non-hydrogen) atoms. The van der Waals surface area contributed by atoms with Crippen LogP contribution in [0.5, 0.6) is 5.75 Å². The SMILES string of the molecule is COc1ccc2oc(=O)n(CC=O)c2c1. The second-order valence-electron chi connectivity index (χ2n) is 2.98. The number of aldehydes is 1. The quantitative estimate of drug-likeness (QED) is 0.698. The number of methoxy groups -OCH3 is 1. The lowest BCUT2D eigenvalue weighted by Crippen LogP contribution is -2.14. The molecule has 0 saturated carbocycles. The summed E-state index contributed by atoms with van der Waals surface area (Å²) in [6.07, 6.45) is 0.649. The molecule has 2 aromatic rings. The van der Waals surface area contributed by atoms with Gasteiger partial charge in [0.05, 0.1) is 19.2 Å². The molecule has 2 rings (SSSR count). The van der Waals surface area contributed by atoms with E-state index < -0.39 is 5.76 Å². The Morgan fingerprint density at radius 2 is 2.33 bits per heavy atom. The average Bonchev–Trinajstić information content (AvgIpc) is 2.55. The van der Waals surface area contributed by atoms with Crippen molar-refractivity contribution in [1.29, 1.82) is 0 Å². The van der Waals surface area contributed by atoms with Crippen molar-refractivity contribution in [3.05, 3.63) is 28.7 Å². The summed E-state index contributed by atoms with van der Waals surface area (Å²) in [5.41, 5.74) is 1.01. The molecule has 0 saturated heterocycles. The number of aromatic nitrogens is 1. The van der Waals surface area contributed by atoms with Gasteiger partial charge in [0.15, 0.2) is 5.58 Å². The molecule has 0 aliphatic rings. The van der Waals surface area contributed by atoms with E-state index in [1.54, 1.807) is 18.2 Å². The van der Waals surface area contributed by atoms with Crippen molar-refractivity contribution in [3.63, 3.8) is 0 Å². The van der Waals surface area contributed by atoms with Crippen LogP contribution in [0.2, 0.25) is 0 Å². The molecule has 0 atom stereocenters. The normalized spacial score (nSPS) is 10.5. The average molecular weight is 207 g/mol. The summed E-state index contributed by atoms with van der Waals surface area (Å²) >= 11 is 0. The smallest absolute Gasteiger partial charge is 0.420 e. The van der Waals surface area contributed by atoms with Crippen LogP contribution in [0, 0.1) is 0 Å². The molecular weight excluding hydrogens is 198 g/mol. The maximum absolute atomic E-state index is 11.3. The Bertz CT molecular complexity index is 552. The van der Waals surface area contributed by atoms with Gasteiger partial charge in [0.25, 0.3) is 0 Å². The summed E-state index contributed by atoms with van der Waals surface area (Å²) in [7, 11) is 1.53. The summed E-state index contributed by atoms with van der Waals surface area (Å²) in [5.74, 6) is 0.0771. The highest BCUT2D eigenvalue weighted by Crippen LogP contribution is 2.19. The van der Waals surface area contributed by atoms with Crippen LogP contribution >= 0.6 is 0 Å². The van der Waals surface area contributed by atoms with Gasteiger partial charge in [-0.1, -0.05) is 0 Å². The fourth-order valence-electron chi connectivity index (χ4n) is 1.42. The van der Waals surface area contributed by atoms with E-state index in [1.165, 1.54) is 11.7 Å². The van der Waals surface area contributed by atoms with Gasteiger partial charge in [0.2, 0.25) is 0 Å². The lowest BCUT2D eigenvalue weighted by Gasteiger charge is -1.99. The third-order valence-electron chi connectivity index (χ3n) is 2.13. The van der Waals surface area contributed by atoms with Gasteiger partial charge < -0.3 is 13.9 Å². The number of ether oxygens (including phenoxy) is 1. The van der Waals surface area contributed by atoms with Crippen molar-refractivity contribution in [2.45, 2.75) is 6.54 Å². The molecule has 0 bridgehead atoms. The Balaban J connectivity index is 2.71. The van der Waals surface area contributed by atoms with Gasteiger partial charge in [-0.3, -0.25) is 4.57 Å². The van der Waals surface area contributed by atoms with Crippen LogP contribution in [0.1, 0.15) is 0 Å². The van der Waals surface area contributed by atoms with Crippen LogP contribution in [0.25, 0.3) is 11.1 Å². The van der Waals surface area contributed by atoms with Gasteiger partial charge in [-0.05, 0) is 12.1 Å². The number of rotatable bonds is 3. The van der Waals surface area contributed by atoms with E-state index in [4.69, 9.17) is 9.15 Å². The first-order valence-electron chi connectivity index (χ1n) is 4.37. The van der Waals surface area contributed by atoms with Gasteiger partial charge in [-0.2, -0.15) is 0 Å². The minimum atomic E-state index is -0.537. The Kier molecular flexibility index (Phi) is 2.29. The molecule has 0 spiro atoms. The van der Waals surface area contributed by atoms with Crippen molar-refractivity contribution in [2.75, 3.05) is 7.11 Å². The molecule has 5 nitrogen and oxygen atoms in total. The number of benzene rings is 1. The lowest BCUT2D eigenvalue weighted by molar-refractivity contribution is -0.108. The van der Waals surface area contributed by atoms with Crippen LogP contribution in [0.4, 0.5) is 0 Å². The van der Waals surface area contributed by atoms with E-state index >= 15 is 0 Å². The topological polar surface area (TPSA) is 61.4 Å². The molecule has 1 heterocycles. The zero-order valence-corrected chi connectivity index (χ0v) is 8.10. The van der Waals surface area contributed by atoms with Gasteiger partial charge in [-0.15, -0.1) is 0 Å². The fourth-order valence-corrected chi connectivity index (χ4v) is 1.42. The molecule has 5 heteroatoms. The molecular formula is C10H9NO4. The second kappa shape index (κ2) is 3.61. The van der Waals surface area contributed by atoms with Gasteiger partial charge in [-0.25, -0.2) is 4.79 Å². The first-order chi connectivity index (χ1) is 7.26. The summed E-state index contributed by atoms with van der Waals surface area (Å²) in [5, 5.41) is 0. The molecule has 0 aliphatic heterocycles. The number of carbonyl (C=O) groups is 1. The van der Waals surface area contributed by atoms with Crippen molar-refractivity contribution in [1.82, 2.24) is 4.57 Å². The van der Waals surface area contributed by atoms with E-state index in [0.29, 0.717) is 23.1 Å². The van der Waals surface area contributed by atoms with Gasteiger partial charge in [0, 0.05) is 6.07 Å². The van der Waals surface area contributed by atoms with Crippen molar-refractivity contribution >= 4 is 17.4 Å². The largest absolute Gasteiger partial charge is 0.497 e. The monoisotopic (exact) mass is 207 g/mol. The lowest BCUT2D eigenvalue weighted by atomic mass is 10.3. The van der Waals surface area contributed by atoms with Crippen molar-refractivity contribution in [2.24, 2.45) is 0 Å². The summed E-state index contributed by atoms with van der Waals surface area (Å²) < 4.78 is 11.2. The second-order valence-corrected chi connectivity index (χ2v) is 2.98. The first-order valence-corrected chi connectivity index (χ1v) is 4.37. The number of oxazole rings is 1. The minimum Gasteiger partial charge on any atom is -0.497 e. The molecule has 0 fully saturated rings. The van der Waals surface area contributed by atoms with Gasteiger partial charge in [0.1, 0.15) is 12.0 Å². The van der Waals surface area contributed by atoms with Crippen LogP contribution in [-0.2, 0) is 11.3 Å². The van der Waals surface area contributed by atoms with Crippen LogP contribution < -0.4 is 10.5 Å². The Labute approximate surface area is 84.9 Å². The standard InChI is InChI=1S/C10H9NO4/c1-14-7-2-3-9-8(6-7)11(4-5-12)10(13)15-9/h2-3,5-6H,4H2,1H3. The number of carbonyl (C=O) groups excluding carboxylic acids is 1. The van der Waals surface area contributed by atoms with Crippen LogP contribution in [-0.4, -0.2) is 18.0 Å². The highest BCUT2D eigenvalue weighted by molar-refractivity contribution is 5.75. The summed E-state index contributed by atoms with van der Waals surface area (Å²) in [6, 6.07) is 4.98. The molecule has 0 aliphatic carbocycles. The Morgan fingerprint density at radius 3 is 3.00 bits per heavy atom. The zero-order chi connectivity index (χ0) is 10.8. The van der Waals surface area contributed by atoms with Crippen molar-refractivity contribution in [3.8, 4) is 5.75 Å². The minimum absolute atomic E-state index is 0.0149. The van der Waals surface area contributed by atoms with E-state index in [2.05, 4.69) is 0 Å². The molecule has 78 valence electrons. The predicted octanol–water partition coefficient (Wildman–Crippen LogP) is 0.802. The number of nitrogens with zero attached hydrogens (tertiary/aromatic N) is 1. The molecule has 0 amide bonds. The summed E-state index contributed by atoms with van der Waals surface area (Å²) in [4.78, 5) is 21.7. The maximum atomic E-state index is 11.3. The highest BCUT2D eigenvalue weighted by atomic mass is 16.5. The number of fused-ring (bicyclic) bond motifs is 1. The fraction of sp³-hybridized carbons (Fsp3) is 0.200. The van der Waals surface area contributed by atoms with E-state index in [-0.39, 0.29) is 6.54 Å². The first kappa shape index (κ1) is 9.51. The molecule has 0 radical (unpaired) electrons. The van der Waals surface area contributed by atoms with Crippen molar-refractivity contribution < 1.29 is 13.9 Å². The molecule has 0 unspecified atom stereocenters. The molecule has 0 N–H and O–H groups in total. The van der Waals surface area contributed by atoms with E-state index in [9.17, 15) is 9.59 Å². The Hall–Kier alpha value is -2.04. The zero-order valence-electron chi connectivity index (χ0n) is 8.10. The highest BCUT2D eigenvalue weighted by Gasteiger charge is 2.09. The molecule has 1 aromatic carbocycles.